The molecular weight excluding hydrogens is 255 g/mol. The number of rotatable bonds is 2. The number of Topliss-reactive ketones (excluding diaryl/α,β-unsaturated/α-hetero) is 1. The monoisotopic (exact) mass is 276 g/mol. The summed E-state index contributed by atoms with van der Waals surface area (Å²) in [5, 5.41) is 0. The highest BCUT2D eigenvalue weighted by Crippen LogP contribution is 2.31. The van der Waals surface area contributed by atoms with Crippen LogP contribution in [-0.2, 0) is 0 Å². The lowest BCUT2D eigenvalue weighted by Crippen LogP contribution is -2.55. The van der Waals surface area contributed by atoms with Crippen molar-refractivity contribution in [2.75, 3.05) is 24.5 Å². The van der Waals surface area contributed by atoms with Crippen molar-refractivity contribution in [3.8, 4) is 0 Å². The Balaban J connectivity index is 1.96. The summed E-state index contributed by atoms with van der Waals surface area (Å²) in [6.45, 7) is 6.66. The largest absolute Gasteiger partial charge is 0.365 e. The van der Waals surface area contributed by atoms with Crippen LogP contribution in [0.1, 0.15) is 37.0 Å². The Bertz CT molecular complexity index is 531. The lowest BCUT2D eigenvalue weighted by molar-refractivity contribution is 0.101. The number of anilines is 1. The van der Waals surface area contributed by atoms with Gasteiger partial charge < -0.3 is 4.90 Å². The molecule has 0 aliphatic carbocycles. The van der Waals surface area contributed by atoms with Crippen molar-refractivity contribution in [2.45, 2.75) is 38.8 Å². The number of carbonyl (C=O) groups excluding carboxylic acids is 1. The summed E-state index contributed by atoms with van der Waals surface area (Å²) in [6.07, 6.45) is 2.45. The van der Waals surface area contributed by atoms with Crippen LogP contribution in [0, 0.1) is 5.82 Å². The first-order chi connectivity index (χ1) is 9.58. The zero-order valence-corrected chi connectivity index (χ0v) is 12.1. The summed E-state index contributed by atoms with van der Waals surface area (Å²) in [5.74, 6) is -0.602. The maximum absolute atomic E-state index is 14.0. The fraction of sp³-hybridized carbons (Fsp3) is 0.562. The van der Waals surface area contributed by atoms with E-state index in [0.29, 0.717) is 12.1 Å². The van der Waals surface area contributed by atoms with Crippen LogP contribution in [0.25, 0.3) is 0 Å². The molecule has 20 heavy (non-hydrogen) atoms. The predicted octanol–water partition coefficient (Wildman–Crippen LogP) is 2.70. The van der Waals surface area contributed by atoms with E-state index in [0.717, 1.165) is 18.8 Å². The standard InChI is InChI=1S/C16H21FN2O/c1-11-9-18-8-4-5-13(18)10-19(11)15-7-3-6-14(17)16(15)12(2)20/h3,6-7,11,13H,4-5,8-10H2,1-2H3. The topological polar surface area (TPSA) is 23.6 Å². The Hall–Kier alpha value is -1.42. The molecule has 2 aliphatic rings. The number of hydrogen-bond donors (Lipinski definition) is 0. The van der Waals surface area contributed by atoms with Crippen LogP contribution in [0.15, 0.2) is 18.2 Å². The van der Waals surface area contributed by atoms with Crippen molar-refractivity contribution < 1.29 is 9.18 Å². The van der Waals surface area contributed by atoms with Gasteiger partial charge in [0, 0.05) is 25.2 Å². The van der Waals surface area contributed by atoms with Crippen LogP contribution >= 0.6 is 0 Å². The van der Waals surface area contributed by atoms with Gasteiger partial charge in [0.2, 0.25) is 0 Å². The molecule has 2 atom stereocenters. The number of ketones is 1. The molecule has 0 bridgehead atoms. The number of piperazine rings is 1. The zero-order valence-electron chi connectivity index (χ0n) is 12.1. The van der Waals surface area contributed by atoms with E-state index in [2.05, 4.69) is 16.7 Å². The molecule has 2 fully saturated rings. The highest BCUT2D eigenvalue weighted by Gasteiger charge is 2.35. The van der Waals surface area contributed by atoms with Crippen molar-refractivity contribution in [3.63, 3.8) is 0 Å². The minimum atomic E-state index is -0.406. The minimum Gasteiger partial charge on any atom is -0.365 e. The first kappa shape index (κ1) is 13.6. The predicted molar refractivity (Wildman–Crippen MR) is 77.8 cm³/mol. The smallest absolute Gasteiger partial charge is 0.164 e. The molecule has 0 saturated carbocycles. The summed E-state index contributed by atoms with van der Waals surface area (Å²) in [6, 6.07) is 5.81. The molecule has 0 amide bonds. The SMILES string of the molecule is CC(=O)c1c(F)cccc1N1CC2CCCN2CC1C. The van der Waals surface area contributed by atoms with E-state index >= 15 is 0 Å². The molecule has 3 rings (SSSR count). The molecule has 0 radical (unpaired) electrons. The summed E-state index contributed by atoms with van der Waals surface area (Å²) in [7, 11) is 0. The molecule has 0 aromatic heterocycles. The molecule has 0 N–H and O–H groups in total. The molecule has 2 aliphatic heterocycles. The number of nitrogens with zero attached hydrogens (tertiary/aromatic N) is 2. The zero-order chi connectivity index (χ0) is 14.3. The maximum atomic E-state index is 14.0. The van der Waals surface area contributed by atoms with E-state index in [1.807, 2.05) is 6.07 Å². The molecule has 1 aromatic rings. The Morgan fingerprint density at radius 2 is 2.15 bits per heavy atom. The van der Waals surface area contributed by atoms with Gasteiger partial charge in [-0.2, -0.15) is 0 Å². The Kier molecular flexibility index (Phi) is 3.50. The van der Waals surface area contributed by atoms with Crippen LogP contribution in [-0.4, -0.2) is 42.4 Å². The molecular formula is C16H21FN2O. The third-order valence-electron chi connectivity index (χ3n) is 4.59. The van der Waals surface area contributed by atoms with E-state index in [1.165, 1.54) is 32.4 Å². The lowest BCUT2D eigenvalue weighted by atomic mass is 10.0. The molecule has 4 heteroatoms. The van der Waals surface area contributed by atoms with Gasteiger partial charge in [-0.1, -0.05) is 6.07 Å². The fourth-order valence-electron chi connectivity index (χ4n) is 3.62. The summed E-state index contributed by atoms with van der Waals surface area (Å²) < 4.78 is 14.0. The highest BCUT2D eigenvalue weighted by molar-refractivity contribution is 6.00. The van der Waals surface area contributed by atoms with Crippen LogP contribution in [0.2, 0.25) is 0 Å². The second kappa shape index (κ2) is 5.17. The van der Waals surface area contributed by atoms with Gasteiger partial charge >= 0.3 is 0 Å². The van der Waals surface area contributed by atoms with Gasteiger partial charge in [-0.25, -0.2) is 4.39 Å². The molecule has 2 saturated heterocycles. The van der Waals surface area contributed by atoms with Gasteiger partial charge in [-0.3, -0.25) is 9.69 Å². The average Bonchev–Trinajstić information content (AvgIpc) is 2.84. The number of carbonyl (C=O) groups is 1. The number of halogens is 1. The maximum Gasteiger partial charge on any atom is 0.164 e. The lowest BCUT2D eigenvalue weighted by Gasteiger charge is -2.44. The van der Waals surface area contributed by atoms with Crippen LogP contribution in [0.5, 0.6) is 0 Å². The van der Waals surface area contributed by atoms with Crippen molar-refractivity contribution in [3.05, 3.63) is 29.6 Å². The Labute approximate surface area is 119 Å². The van der Waals surface area contributed by atoms with Crippen LogP contribution in [0.3, 0.4) is 0 Å². The fourth-order valence-corrected chi connectivity index (χ4v) is 3.62. The van der Waals surface area contributed by atoms with Crippen LogP contribution in [0.4, 0.5) is 10.1 Å². The van der Waals surface area contributed by atoms with Crippen molar-refractivity contribution in [1.29, 1.82) is 0 Å². The van der Waals surface area contributed by atoms with Gasteiger partial charge in [0.15, 0.2) is 5.78 Å². The Morgan fingerprint density at radius 3 is 2.90 bits per heavy atom. The van der Waals surface area contributed by atoms with Gasteiger partial charge in [-0.15, -0.1) is 0 Å². The minimum absolute atomic E-state index is 0.195. The molecule has 1 aromatic carbocycles. The van der Waals surface area contributed by atoms with E-state index in [1.54, 1.807) is 6.07 Å². The molecule has 2 heterocycles. The normalized spacial score (nSPS) is 26.6. The van der Waals surface area contributed by atoms with E-state index in [9.17, 15) is 9.18 Å². The highest BCUT2D eigenvalue weighted by atomic mass is 19.1. The number of fused-ring (bicyclic) bond motifs is 1. The average molecular weight is 276 g/mol. The third-order valence-corrected chi connectivity index (χ3v) is 4.59. The first-order valence-electron chi connectivity index (χ1n) is 7.38. The molecule has 108 valence electrons. The molecule has 2 unspecified atom stereocenters. The van der Waals surface area contributed by atoms with Gasteiger partial charge in [0.1, 0.15) is 5.82 Å². The number of hydrogen-bond acceptors (Lipinski definition) is 3. The first-order valence-corrected chi connectivity index (χ1v) is 7.38. The van der Waals surface area contributed by atoms with Crippen molar-refractivity contribution in [1.82, 2.24) is 4.90 Å². The Morgan fingerprint density at radius 1 is 1.35 bits per heavy atom. The second-order valence-electron chi connectivity index (χ2n) is 5.98. The van der Waals surface area contributed by atoms with Crippen molar-refractivity contribution in [2.24, 2.45) is 0 Å². The van der Waals surface area contributed by atoms with Crippen molar-refractivity contribution >= 4 is 11.5 Å². The van der Waals surface area contributed by atoms with E-state index in [4.69, 9.17) is 0 Å². The summed E-state index contributed by atoms with van der Waals surface area (Å²) in [5.41, 5.74) is 1.00. The van der Waals surface area contributed by atoms with E-state index < -0.39 is 5.82 Å². The number of benzene rings is 1. The van der Waals surface area contributed by atoms with E-state index in [-0.39, 0.29) is 11.3 Å². The van der Waals surface area contributed by atoms with Crippen LogP contribution < -0.4 is 4.90 Å². The van der Waals surface area contributed by atoms with Gasteiger partial charge in [-0.05, 0) is 45.4 Å². The summed E-state index contributed by atoms with van der Waals surface area (Å²) >= 11 is 0. The quantitative estimate of drug-likeness (QED) is 0.776. The molecule has 3 nitrogen and oxygen atoms in total. The van der Waals surface area contributed by atoms with Gasteiger partial charge in [0.05, 0.1) is 11.3 Å². The van der Waals surface area contributed by atoms with Gasteiger partial charge in [0.25, 0.3) is 0 Å². The second-order valence-corrected chi connectivity index (χ2v) is 5.98. The summed E-state index contributed by atoms with van der Waals surface area (Å²) in [4.78, 5) is 16.5. The molecule has 0 spiro atoms. The third kappa shape index (κ3) is 2.22.